The highest BCUT2D eigenvalue weighted by atomic mass is 32.2. The minimum atomic E-state index is -2.86. The van der Waals surface area contributed by atoms with E-state index in [0.29, 0.717) is 18.8 Å². The minimum Gasteiger partial charge on any atom is -0.491 e. The van der Waals surface area contributed by atoms with Gasteiger partial charge >= 0.3 is 0 Å². The van der Waals surface area contributed by atoms with Crippen molar-refractivity contribution in [1.29, 1.82) is 0 Å². The molecule has 0 saturated carbocycles. The number of hydrogen-bond acceptors (Lipinski definition) is 4. The molecule has 1 atom stereocenters. The summed E-state index contributed by atoms with van der Waals surface area (Å²) in [6, 6.07) is 7.87. The molecule has 20 heavy (non-hydrogen) atoms. The third-order valence-electron chi connectivity index (χ3n) is 3.49. The van der Waals surface area contributed by atoms with Crippen LogP contribution >= 0.6 is 0 Å². The molecule has 1 aliphatic heterocycles. The van der Waals surface area contributed by atoms with Crippen LogP contribution in [0.2, 0.25) is 0 Å². The summed E-state index contributed by atoms with van der Waals surface area (Å²) in [6.45, 7) is 5.15. The van der Waals surface area contributed by atoms with Gasteiger partial charge in [-0.25, -0.2) is 8.42 Å². The average molecular weight is 297 g/mol. The SMILES string of the molecule is CC(C)Oc1ccccc1CNCC1CCCS1(=O)=O. The lowest BCUT2D eigenvalue weighted by Gasteiger charge is -2.15. The highest BCUT2D eigenvalue weighted by molar-refractivity contribution is 7.92. The first-order chi connectivity index (χ1) is 9.49. The molecule has 0 radical (unpaired) electrons. The summed E-state index contributed by atoms with van der Waals surface area (Å²) < 4.78 is 29.3. The maximum atomic E-state index is 11.8. The monoisotopic (exact) mass is 297 g/mol. The zero-order chi connectivity index (χ0) is 14.6. The number of ether oxygens (including phenoxy) is 1. The Labute approximate surface area is 121 Å². The van der Waals surface area contributed by atoms with Crippen LogP contribution in [0.25, 0.3) is 0 Å². The van der Waals surface area contributed by atoms with Gasteiger partial charge in [0.2, 0.25) is 0 Å². The third kappa shape index (κ3) is 3.96. The zero-order valence-corrected chi connectivity index (χ0v) is 12.9. The molecule has 5 heteroatoms. The quantitative estimate of drug-likeness (QED) is 0.874. The molecule has 0 amide bonds. The van der Waals surface area contributed by atoms with Gasteiger partial charge in [0.25, 0.3) is 0 Å². The number of hydrogen-bond donors (Lipinski definition) is 1. The van der Waals surface area contributed by atoms with Crippen molar-refractivity contribution in [3.8, 4) is 5.75 Å². The van der Waals surface area contributed by atoms with Gasteiger partial charge < -0.3 is 10.1 Å². The summed E-state index contributed by atoms with van der Waals surface area (Å²) in [6.07, 6.45) is 1.70. The summed E-state index contributed by atoms with van der Waals surface area (Å²) in [7, 11) is -2.86. The molecule has 1 aromatic rings. The Balaban J connectivity index is 1.91. The van der Waals surface area contributed by atoms with Crippen molar-refractivity contribution in [3.63, 3.8) is 0 Å². The number of rotatable bonds is 6. The first kappa shape index (κ1) is 15.3. The molecule has 0 spiro atoms. The fourth-order valence-corrected chi connectivity index (χ4v) is 4.27. The van der Waals surface area contributed by atoms with E-state index in [1.54, 1.807) is 0 Å². The molecule has 0 bridgehead atoms. The van der Waals surface area contributed by atoms with Gasteiger partial charge in [-0.2, -0.15) is 0 Å². The van der Waals surface area contributed by atoms with Crippen molar-refractivity contribution in [2.75, 3.05) is 12.3 Å². The van der Waals surface area contributed by atoms with Gasteiger partial charge in [-0.1, -0.05) is 18.2 Å². The third-order valence-corrected chi connectivity index (χ3v) is 5.76. The molecule has 1 aromatic carbocycles. The van der Waals surface area contributed by atoms with Crippen LogP contribution in [0, 0.1) is 0 Å². The molecule has 1 unspecified atom stereocenters. The summed E-state index contributed by atoms with van der Waals surface area (Å²) >= 11 is 0. The lowest BCUT2D eigenvalue weighted by atomic mass is 10.2. The Kier molecular flexibility index (Phi) is 5.05. The highest BCUT2D eigenvalue weighted by Gasteiger charge is 2.30. The van der Waals surface area contributed by atoms with Crippen LogP contribution in [0.15, 0.2) is 24.3 Å². The highest BCUT2D eigenvalue weighted by Crippen LogP contribution is 2.21. The maximum Gasteiger partial charge on any atom is 0.154 e. The Morgan fingerprint density at radius 1 is 1.35 bits per heavy atom. The fourth-order valence-electron chi connectivity index (χ4n) is 2.47. The Morgan fingerprint density at radius 2 is 2.10 bits per heavy atom. The van der Waals surface area contributed by atoms with E-state index in [2.05, 4.69) is 5.32 Å². The van der Waals surface area contributed by atoms with Gasteiger partial charge in [-0.15, -0.1) is 0 Å². The Hall–Kier alpha value is -1.07. The van der Waals surface area contributed by atoms with Crippen LogP contribution in [0.1, 0.15) is 32.3 Å². The number of benzene rings is 1. The molecule has 1 fully saturated rings. The van der Waals surface area contributed by atoms with E-state index in [4.69, 9.17) is 4.74 Å². The largest absolute Gasteiger partial charge is 0.491 e. The van der Waals surface area contributed by atoms with Gasteiger partial charge in [0, 0.05) is 18.7 Å². The summed E-state index contributed by atoms with van der Waals surface area (Å²) in [5, 5.41) is 3.03. The smallest absolute Gasteiger partial charge is 0.154 e. The van der Waals surface area contributed by atoms with Crippen molar-refractivity contribution in [3.05, 3.63) is 29.8 Å². The van der Waals surface area contributed by atoms with Gasteiger partial charge in [0.1, 0.15) is 5.75 Å². The predicted octanol–water partition coefficient (Wildman–Crippen LogP) is 2.14. The molecule has 0 aliphatic carbocycles. The van der Waals surface area contributed by atoms with Crippen LogP contribution in [0.3, 0.4) is 0 Å². The summed E-state index contributed by atoms with van der Waals surface area (Å²) in [4.78, 5) is 0. The molecule has 1 saturated heterocycles. The maximum absolute atomic E-state index is 11.8. The Bertz CT molecular complexity index is 540. The van der Waals surface area contributed by atoms with Gasteiger partial charge in [-0.05, 0) is 32.8 Å². The standard InChI is InChI=1S/C15H23NO3S/c1-12(2)19-15-8-4-3-6-13(15)10-16-11-14-7-5-9-20(14,17)18/h3-4,6,8,12,14,16H,5,7,9-11H2,1-2H3. The van der Waals surface area contributed by atoms with Crippen molar-refractivity contribution >= 4 is 9.84 Å². The average Bonchev–Trinajstić information content (AvgIpc) is 2.70. The lowest BCUT2D eigenvalue weighted by molar-refractivity contribution is 0.239. The fraction of sp³-hybridized carbons (Fsp3) is 0.600. The second-order valence-corrected chi connectivity index (χ2v) is 7.94. The normalized spacial score (nSPS) is 21.2. The van der Waals surface area contributed by atoms with Gasteiger partial charge in [-0.3, -0.25) is 0 Å². The van der Waals surface area contributed by atoms with Gasteiger partial charge in [0.15, 0.2) is 9.84 Å². The first-order valence-corrected chi connectivity index (χ1v) is 8.87. The predicted molar refractivity (Wildman–Crippen MR) is 80.7 cm³/mol. The molecule has 1 aliphatic rings. The van der Waals surface area contributed by atoms with E-state index in [1.807, 2.05) is 38.1 Å². The van der Waals surface area contributed by atoms with Crippen LogP contribution < -0.4 is 10.1 Å². The molecule has 0 aromatic heterocycles. The van der Waals surface area contributed by atoms with E-state index < -0.39 is 9.84 Å². The molecular formula is C15H23NO3S. The number of sulfone groups is 1. The minimum absolute atomic E-state index is 0.131. The topological polar surface area (TPSA) is 55.4 Å². The molecular weight excluding hydrogens is 274 g/mol. The molecule has 1 heterocycles. The van der Waals surface area contributed by atoms with Crippen molar-refractivity contribution in [1.82, 2.24) is 5.32 Å². The van der Waals surface area contributed by atoms with E-state index in [0.717, 1.165) is 24.2 Å². The van der Waals surface area contributed by atoms with Crippen LogP contribution in [-0.4, -0.2) is 32.1 Å². The molecule has 112 valence electrons. The van der Waals surface area contributed by atoms with Crippen molar-refractivity contribution in [2.45, 2.75) is 44.6 Å². The molecule has 4 nitrogen and oxygen atoms in total. The molecule has 1 N–H and O–H groups in total. The summed E-state index contributed by atoms with van der Waals surface area (Å²) in [5.74, 6) is 1.20. The van der Waals surface area contributed by atoms with E-state index in [-0.39, 0.29) is 11.4 Å². The van der Waals surface area contributed by atoms with Crippen LogP contribution in [-0.2, 0) is 16.4 Å². The zero-order valence-electron chi connectivity index (χ0n) is 12.1. The van der Waals surface area contributed by atoms with Crippen molar-refractivity contribution in [2.24, 2.45) is 0 Å². The molecule has 2 rings (SSSR count). The first-order valence-electron chi connectivity index (χ1n) is 7.16. The van der Waals surface area contributed by atoms with Crippen molar-refractivity contribution < 1.29 is 13.2 Å². The van der Waals surface area contributed by atoms with Crippen LogP contribution in [0.4, 0.5) is 0 Å². The van der Waals surface area contributed by atoms with Crippen LogP contribution in [0.5, 0.6) is 5.75 Å². The van der Waals surface area contributed by atoms with Gasteiger partial charge in [0.05, 0.1) is 17.1 Å². The second-order valence-electron chi connectivity index (χ2n) is 5.54. The van der Waals surface area contributed by atoms with E-state index in [9.17, 15) is 8.42 Å². The number of nitrogens with one attached hydrogen (secondary N) is 1. The number of para-hydroxylation sites is 1. The lowest BCUT2D eigenvalue weighted by Crippen LogP contribution is -2.30. The Morgan fingerprint density at radius 3 is 2.75 bits per heavy atom. The summed E-state index contributed by atoms with van der Waals surface area (Å²) in [5.41, 5.74) is 1.07. The van der Waals surface area contributed by atoms with E-state index >= 15 is 0 Å². The van der Waals surface area contributed by atoms with E-state index in [1.165, 1.54) is 0 Å². The second kappa shape index (κ2) is 6.59.